The number of aromatic nitrogens is 2. The van der Waals surface area contributed by atoms with Gasteiger partial charge in [-0.2, -0.15) is 0 Å². The Hall–Kier alpha value is -2.65. The highest BCUT2D eigenvalue weighted by Gasteiger charge is 2.50. The van der Waals surface area contributed by atoms with Gasteiger partial charge in [-0.25, -0.2) is 18.7 Å². The standard InChI is InChI=1S/C22H23ClF2N4O3/c1-12-3-5-17(15(24)7-12)29(20(30)19(23)25)22(2,13-9-26-11-27-10-13)21(31)28-16-8-14-4-6-18(16)32-14/h3,5,7,9-11,14,16,18-19H,4,6,8H2,1-2H3,(H,28,31)/t14-,16+,18+,19-,22+/m0/s1. The summed E-state index contributed by atoms with van der Waals surface area (Å²) in [6.07, 6.45) is 6.22. The number of rotatable bonds is 6. The first-order chi connectivity index (χ1) is 15.2. The molecule has 2 amide bonds. The van der Waals surface area contributed by atoms with Gasteiger partial charge in [-0.1, -0.05) is 17.7 Å². The minimum atomic E-state index is -2.50. The molecule has 1 N–H and O–H groups in total. The second-order valence-electron chi connectivity index (χ2n) is 8.32. The maximum atomic E-state index is 15.0. The molecule has 2 aliphatic heterocycles. The van der Waals surface area contributed by atoms with Crippen LogP contribution in [0.1, 0.15) is 37.3 Å². The molecule has 2 fully saturated rings. The first-order valence-corrected chi connectivity index (χ1v) is 10.8. The fraction of sp³-hybridized carbons (Fsp3) is 0.455. The third-order valence-electron chi connectivity index (χ3n) is 6.19. The Bertz CT molecular complexity index is 1030. The molecule has 0 unspecified atom stereocenters. The molecule has 2 aliphatic rings. The number of carbonyl (C=O) groups is 2. The summed E-state index contributed by atoms with van der Waals surface area (Å²) in [5, 5.41) is 2.92. The van der Waals surface area contributed by atoms with Crippen LogP contribution >= 0.6 is 11.6 Å². The van der Waals surface area contributed by atoms with Crippen LogP contribution in [0, 0.1) is 12.7 Å². The van der Waals surface area contributed by atoms with Gasteiger partial charge in [0.15, 0.2) is 5.54 Å². The van der Waals surface area contributed by atoms with Gasteiger partial charge in [0.05, 0.1) is 23.9 Å². The summed E-state index contributed by atoms with van der Waals surface area (Å²) in [6, 6.07) is 3.80. The number of hydrogen-bond donors (Lipinski definition) is 1. The van der Waals surface area contributed by atoms with E-state index < -0.39 is 28.8 Å². The van der Waals surface area contributed by atoms with Crippen LogP contribution in [0.15, 0.2) is 36.9 Å². The number of nitrogens with one attached hydrogen (secondary N) is 1. The summed E-state index contributed by atoms with van der Waals surface area (Å²) in [5.41, 5.74) is -3.91. The Morgan fingerprint density at radius 3 is 2.59 bits per heavy atom. The van der Waals surface area contributed by atoms with E-state index in [9.17, 15) is 14.0 Å². The second-order valence-corrected chi connectivity index (χ2v) is 8.70. The summed E-state index contributed by atoms with van der Waals surface area (Å²) in [4.78, 5) is 35.3. The van der Waals surface area contributed by atoms with Gasteiger partial charge in [-0.05, 0) is 50.8 Å². The number of ether oxygens (including phenoxy) is 1. The lowest BCUT2D eigenvalue weighted by Crippen LogP contribution is -2.60. The molecule has 1 aromatic heterocycles. The van der Waals surface area contributed by atoms with E-state index in [4.69, 9.17) is 16.3 Å². The SMILES string of the molecule is Cc1ccc(N(C(=O)[C@H](F)Cl)[C@@](C)(C(=O)N[C@@H]2C[C@@H]3CC[C@H]2O3)c2cncnc2)c(F)c1. The number of hydrogen-bond acceptors (Lipinski definition) is 5. The number of anilines is 1. The fourth-order valence-electron chi connectivity index (χ4n) is 4.48. The Morgan fingerprint density at radius 2 is 2.03 bits per heavy atom. The molecule has 170 valence electrons. The zero-order chi connectivity index (χ0) is 23.0. The van der Waals surface area contributed by atoms with E-state index in [1.807, 2.05) is 0 Å². The Morgan fingerprint density at radius 1 is 1.31 bits per heavy atom. The van der Waals surface area contributed by atoms with Gasteiger partial charge in [0, 0.05) is 18.0 Å². The van der Waals surface area contributed by atoms with Crippen LogP contribution in [0.25, 0.3) is 0 Å². The molecule has 5 atom stereocenters. The summed E-state index contributed by atoms with van der Waals surface area (Å²) < 4.78 is 35.0. The summed E-state index contributed by atoms with van der Waals surface area (Å²) in [6.45, 7) is 3.07. The molecule has 32 heavy (non-hydrogen) atoms. The van der Waals surface area contributed by atoms with Crippen molar-refractivity contribution in [3.63, 3.8) is 0 Å². The molecule has 3 heterocycles. The number of fused-ring (bicyclic) bond motifs is 2. The highest BCUT2D eigenvalue weighted by Crippen LogP contribution is 2.38. The average molecular weight is 465 g/mol. The van der Waals surface area contributed by atoms with Gasteiger partial charge < -0.3 is 10.1 Å². The Labute approximate surface area is 189 Å². The molecule has 2 bridgehead atoms. The molecular weight excluding hydrogens is 442 g/mol. The third-order valence-corrected chi connectivity index (χ3v) is 6.37. The number of halogens is 3. The third kappa shape index (κ3) is 3.95. The average Bonchev–Trinajstić information content (AvgIpc) is 3.39. The molecule has 2 saturated heterocycles. The maximum Gasteiger partial charge on any atom is 0.278 e. The van der Waals surface area contributed by atoms with Gasteiger partial charge in [0.2, 0.25) is 0 Å². The van der Waals surface area contributed by atoms with Gasteiger partial charge in [0.1, 0.15) is 12.1 Å². The van der Waals surface area contributed by atoms with Crippen molar-refractivity contribution in [1.82, 2.24) is 15.3 Å². The van der Waals surface area contributed by atoms with Crippen molar-refractivity contribution in [2.75, 3.05) is 4.90 Å². The van der Waals surface area contributed by atoms with Gasteiger partial charge >= 0.3 is 0 Å². The van der Waals surface area contributed by atoms with E-state index in [0.29, 0.717) is 12.0 Å². The highest BCUT2D eigenvalue weighted by molar-refractivity contribution is 6.32. The van der Waals surface area contributed by atoms with Crippen LogP contribution in [0.3, 0.4) is 0 Å². The quantitative estimate of drug-likeness (QED) is 0.664. The zero-order valence-electron chi connectivity index (χ0n) is 17.6. The molecule has 1 aromatic carbocycles. The van der Waals surface area contributed by atoms with E-state index in [0.717, 1.165) is 17.7 Å². The molecule has 2 aromatic rings. The number of benzene rings is 1. The van der Waals surface area contributed by atoms with Crippen LogP contribution in [-0.2, 0) is 19.9 Å². The summed E-state index contributed by atoms with van der Waals surface area (Å²) in [7, 11) is 0. The van der Waals surface area contributed by atoms with E-state index in [1.165, 1.54) is 37.8 Å². The predicted octanol–water partition coefficient (Wildman–Crippen LogP) is 3.14. The van der Waals surface area contributed by atoms with E-state index in [2.05, 4.69) is 15.3 Å². The number of carbonyl (C=O) groups excluding carboxylic acids is 2. The smallest absolute Gasteiger partial charge is 0.278 e. The number of alkyl halides is 2. The number of aryl methyl sites for hydroxylation is 1. The van der Waals surface area contributed by atoms with E-state index in [1.54, 1.807) is 13.0 Å². The summed E-state index contributed by atoms with van der Waals surface area (Å²) in [5.74, 6) is -2.71. The van der Waals surface area contributed by atoms with Crippen LogP contribution in [0.2, 0.25) is 0 Å². The Kier molecular flexibility index (Phi) is 6.13. The van der Waals surface area contributed by atoms with E-state index >= 15 is 4.39 Å². The minimum absolute atomic E-state index is 0.0713. The van der Waals surface area contributed by atoms with Gasteiger partial charge in [-0.3, -0.25) is 14.5 Å². The minimum Gasteiger partial charge on any atom is -0.373 e. The van der Waals surface area contributed by atoms with Crippen LogP contribution in [-0.4, -0.2) is 45.7 Å². The molecule has 7 nitrogen and oxygen atoms in total. The predicted molar refractivity (Wildman–Crippen MR) is 113 cm³/mol. The maximum absolute atomic E-state index is 15.0. The van der Waals surface area contributed by atoms with E-state index in [-0.39, 0.29) is 29.5 Å². The van der Waals surface area contributed by atoms with Crippen LogP contribution in [0.5, 0.6) is 0 Å². The normalized spacial score (nSPS) is 24.6. The second kappa shape index (κ2) is 8.71. The van der Waals surface area contributed by atoms with Gasteiger partial charge in [-0.15, -0.1) is 0 Å². The highest BCUT2D eigenvalue weighted by atomic mass is 35.5. The van der Waals surface area contributed by atoms with Crippen molar-refractivity contribution in [2.45, 2.75) is 62.5 Å². The largest absolute Gasteiger partial charge is 0.373 e. The van der Waals surface area contributed by atoms with Crippen molar-refractivity contribution in [3.05, 3.63) is 53.9 Å². The van der Waals surface area contributed by atoms with Crippen molar-refractivity contribution >= 4 is 29.1 Å². The molecule has 10 heteroatoms. The molecule has 4 rings (SSSR count). The first kappa shape index (κ1) is 22.5. The summed E-state index contributed by atoms with van der Waals surface area (Å²) >= 11 is 5.51. The molecule has 0 aliphatic carbocycles. The lowest BCUT2D eigenvalue weighted by molar-refractivity contribution is -0.132. The number of amides is 2. The Balaban J connectivity index is 1.82. The number of nitrogens with zero attached hydrogens (tertiary/aromatic N) is 3. The fourth-order valence-corrected chi connectivity index (χ4v) is 4.58. The van der Waals surface area contributed by atoms with Crippen LogP contribution in [0.4, 0.5) is 14.5 Å². The molecule has 0 radical (unpaired) electrons. The van der Waals surface area contributed by atoms with Crippen LogP contribution < -0.4 is 10.2 Å². The first-order valence-electron chi connectivity index (χ1n) is 10.3. The lowest BCUT2D eigenvalue weighted by Gasteiger charge is -2.41. The monoisotopic (exact) mass is 464 g/mol. The van der Waals surface area contributed by atoms with Crippen molar-refractivity contribution in [2.24, 2.45) is 0 Å². The topological polar surface area (TPSA) is 84.4 Å². The molecule has 0 saturated carbocycles. The van der Waals surface area contributed by atoms with Crippen molar-refractivity contribution < 1.29 is 23.1 Å². The molecular formula is C22H23ClF2N4O3. The zero-order valence-corrected chi connectivity index (χ0v) is 18.4. The van der Waals surface area contributed by atoms with Gasteiger partial charge in [0.25, 0.3) is 17.4 Å². The van der Waals surface area contributed by atoms with Crippen molar-refractivity contribution in [3.8, 4) is 0 Å². The lowest BCUT2D eigenvalue weighted by atomic mass is 9.88. The van der Waals surface area contributed by atoms with Crippen molar-refractivity contribution in [1.29, 1.82) is 0 Å². The molecule has 0 spiro atoms.